The number of hydrogen-bond donors (Lipinski definition) is 3. The van der Waals surface area contributed by atoms with Gasteiger partial charge in [-0.15, -0.1) is 0 Å². The number of hydrogen-bond acceptors (Lipinski definition) is 6. The van der Waals surface area contributed by atoms with Gasteiger partial charge in [0.05, 0.1) is 13.5 Å². The number of esters is 1. The molecule has 2 atom stereocenters. The number of alkyl carbamates (subject to hydrolysis) is 1. The van der Waals surface area contributed by atoms with Crippen molar-refractivity contribution >= 4 is 23.9 Å². The van der Waals surface area contributed by atoms with Crippen molar-refractivity contribution in [2.45, 2.75) is 32.0 Å². The molecule has 0 saturated heterocycles. The second-order valence-corrected chi connectivity index (χ2v) is 5.11. The average molecular weight is 352 g/mol. The number of methoxy groups -OCH3 is 1. The van der Waals surface area contributed by atoms with Gasteiger partial charge in [-0.1, -0.05) is 30.3 Å². The molecule has 0 fully saturated rings. The van der Waals surface area contributed by atoms with Crippen LogP contribution in [-0.2, 0) is 30.5 Å². The van der Waals surface area contributed by atoms with Crippen molar-refractivity contribution < 1.29 is 33.8 Å². The molecule has 0 heterocycles. The molecule has 1 rings (SSSR count). The summed E-state index contributed by atoms with van der Waals surface area (Å²) < 4.78 is 9.41. The maximum absolute atomic E-state index is 12.1. The van der Waals surface area contributed by atoms with Gasteiger partial charge < -0.3 is 25.2 Å². The molecule has 9 heteroatoms. The molecule has 0 bridgehead atoms. The van der Waals surface area contributed by atoms with Crippen LogP contribution in [0.5, 0.6) is 0 Å². The molecular weight excluding hydrogens is 332 g/mol. The number of amides is 2. The van der Waals surface area contributed by atoms with Crippen molar-refractivity contribution in [2.24, 2.45) is 0 Å². The first-order chi connectivity index (χ1) is 11.8. The van der Waals surface area contributed by atoms with Crippen LogP contribution in [0.15, 0.2) is 30.3 Å². The maximum Gasteiger partial charge on any atom is 0.408 e. The molecule has 25 heavy (non-hydrogen) atoms. The number of nitrogens with one attached hydrogen (secondary N) is 2. The summed E-state index contributed by atoms with van der Waals surface area (Å²) in [6, 6.07) is 6.44. The minimum atomic E-state index is -1.40. The van der Waals surface area contributed by atoms with Crippen LogP contribution in [0.4, 0.5) is 4.79 Å². The lowest BCUT2D eigenvalue weighted by molar-refractivity contribution is -0.145. The van der Waals surface area contributed by atoms with Gasteiger partial charge in [-0.25, -0.2) is 9.59 Å². The summed E-state index contributed by atoms with van der Waals surface area (Å²) in [5.41, 5.74) is 0.733. The van der Waals surface area contributed by atoms with Gasteiger partial charge in [0.1, 0.15) is 18.7 Å². The first-order valence-electron chi connectivity index (χ1n) is 7.40. The van der Waals surface area contributed by atoms with Crippen LogP contribution in [0.25, 0.3) is 0 Å². The SMILES string of the molecule is COC(=O)[C@H](C)NC(=O)[C@H](CC(=O)O)NC(=O)OCc1ccccc1. The van der Waals surface area contributed by atoms with Crippen LogP contribution >= 0.6 is 0 Å². The zero-order valence-corrected chi connectivity index (χ0v) is 13.9. The quantitative estimate of drug-likeness (QED) is 0.578. The number of aliphatic carboxylic acids is 1. The van der Waals surface area contributed by atoms with Gasteiger partial charge in [-0.3, -0.25) is 9.59 Å². The highest BCUT2D eigenvalue weighted by atomic mass is 16.5. The van der Waals surface area contributed by atoms with E-state index in [0.717, 1.165) is 12.7 Å². The number of carbonyl (C=O) groups is 4. The zero-order valence-electron chi connectivity index (χ0n) is 13.9. The van der Waals surface area contributed by atoms with Gasteiger partial charge in [-0.05, 0) is 12.5 Å². The molecule has 0 aliphatic heterocycles. The Labute approximate surface area is 144 Å². The zero-order chi connectivity index (χ0) is 18.8. The van der Waals surface area contributed by atoms with Crippen molar-refractivity contribution in [3.05, 3.63) is 35.9 Å². The molecule has 1 aromatic carbocycles. The molecule has 0 aromatic heterocycles. The van der Waals surface area contributed by atoms with Gasteiger partial charge in [0, 0.05) is 0 Å². The first kappa shape index (κ1) is 19.9. The molecule has 0 aliphatic rings. The van der Waals surface area contributed by atoms with Crippen LogP contribution in [0, 0.1) is 0 Å². The average Bonchev–Trinajstić information content (AvgIpc) is 2.59. The van der Waals surface area contributed by atoms with Crippen molar-refractivity contribution in [3.63, 3.8) is 0 Å². The highest BCUT2D eigenvalue weighted by Gasteiger charge is 2.27. The predicted octanol–water partition coefficient (Wildman–Crippen LogP) is 0.434. The maximum atomic E-state index is 12.1. The van der Waals surface area contributed by atoms with E-state index >= 15 is 0 Å². The monoisotopic (exact) mass is 352 g/mol. The van der Waals surface area contributed by atoms with Gasteiger partial charge in [0.15, 0.2) is 0 Å². The Hall–Kier alpha value is -3.10. The summed E-state index contributed by atoms with van der Waals surface area (Å²) in [7, 11) is 1.15. The van der Waals surface area contributed by atoms with Crippen LogP contribution in [0.2, 0.25) is 0 Å². The number of benzene rings is 1. The molecule has 0 saturated carbocycles. The summed E-state index contributed by atoms with van der Waals surface area (Å²) in [6.07, 6.45) is -1.61. The fourth-order valence-electron chi connectivity index (χ4n) is 1.84. The number of carboxylic acids is 1. The molecule has 3 N–H and O–H groups in total. The molecule has 0 spiro atoms. The smallest absolute Gasteiger partial charge is 0.408 e. The van der Waals surface area contributed by atoms with E-state index in [-0.39, 0.29) is 6.61 Å². The fraction of sp³-hybridized carbons (Fsp3) is 0.375. The lowest BCUT2D eigenvalue weighted by Crippen LogP contribution is -2.51. The number of rotatable bonds is 8. The minimum Gasteiger partial charge on any atom is -0.481 e. The normalized spacial score (nSPS) is 12.4. The summed E-state index contributed by atoms with van der Waals surface area (Å²) in [6.45, 7) is 1.34. The third-order valence-electron chi connectivity index (χ3n) is 3.11. The summed E-state index contributed by atoms with van der Waals surface area (Å²) >= 11 is 0. The van der Waals surface area contributed by atoms with Crippen molar-refractivity contribution in [1.82, 2.24) is 10.6 Å². The van der Waals surface area contributed by atoms with E-state index < -0.39 is 42.4 Å². The Morgan fingerprint density at radius 1 is 1.12 bits per heavy atom. The topological polar surface area (TPSA) is 131 Å². The van der Waals surface area contributed by atoms with E-state index in [1.54, 1.807) is 30.3 Å². The first-order valence-corrected chi connectivity index (χ1v) is 7.40. The van der Waals surface area contributed by atoms with Crippen LogP contribution in [0.3, 0.4) is 0 Å². The van der Waals surface area contributed by atoms with E-state index in [4.69, 9.17) is 9.84 Å². The lowest BCUT2D eigenvalue weighted by atomic mass is 10.2. The Bertz CT molecular complexity index is 618. The predicted molar refractivity (Wildman–Crippen MR) is 85.4 cm³/mol. The van der Waals surface area contributed by atoms with Crippen molar-refractivity contribution in [1.29, 1.82) is 0 Å². The van der Waals surface area contributed by atoms with Gasteiger partial charge in [0.25, 0.3) is 0 Å². The standard InChI is InChI=1S/C16H20N2O7/c1-10(15(22)24-2)17-14(21)12(8-13(19)20)18-16(23)25-9-11-6-4-3-5-7-11/h3-7,10,12H,8-9H2,1-2H3,(H,17,21)(H,18,23)(H,19,20)/t10-,12-/m0/s1. The Balaban J connectivity index is 2.61. The van der Waals surface area contributed by atoms with Crippen LogP contribution in [0.1, 0.15) is 18.9 Å². The van der Waals surface area contributed by atoms with E-state index in [0.29, 0.717) is 0 Å². The van der Waals surface area contributed by atoms with Crippen molar-refractivity contribution in [3.8, 4) is 0 Å². The second-order valence-electron chi connectivity index (χ2n) is 5.11. The number of ether oxygens (including phenoxy) is 2. The molecular formula is C16H20N2O7. The summed E-state index contributed by atoms with van der Waals surface area (Å²) in [5, 5.41) is 13.3. The molecule has 2 amide bonds. The molecule has 0 aliphatic carbocycles. The second kappa shape index (κ2) is 9.91. The highest BCUT2D eigenvalue weighted by molar-refractivity contribution is 5.91. The Kier molecular flexibility index (Phi) is 7.91. The molecule has 0 radical (unpaired) electrons. The highest BCUT2D eigenvalue weighted by Crippen LogP contribution is 2.02. The fourth-order valence-corrected chi connectivity index (χ4v) is 1.84. The molecule has 0 unspecified atom stereocenters. The number of carboxylic acid groups (broad SMARTS) is 1. The molecule has 1 aromatic rings. The Morgan fingerprint density at radius 3 is 2.32 bits per heavy atom. The summed E-state index contributed by atoms with van der Waals surface area (Å²) in [4.78, 5) is 46.1. The minimum absolute atomic E-state index is 0.0351. The van der Waals surface area contributed by atoms with Crippen LogP contribution in [-0.4, -0.2) is 48.2 Å². The third-order valence-corrected chi connectivity index (χ3v) is 3.11. The Morgan fingerprint density at radius 2 is 1.76 bits per heavy atom. The number of carbonyl (C=O) groups excluding carboxylic acids is 3. The van der Waals surface area contributed by atoms with Crippen LogP contribution < -0.4 is 10.6 Å². The van der Waals surface area contributed by atoms with E-state index in [9.17, 15) is 19.2 Å². The van der Waals surface area contributed by atoms with Crippen molar-refractivity contribution in [2.75, 3.05) is 7.11 Å². The van der Waals surface area contributed by atoms with E-state index in [1.165, 1.54) is 6.92 Å². The molecule has 136 valence electrons. The third kappa shape index (κ3) is 7.34. The largest absolute Gasteiger partial charge is 0.481 e. The van der Waals surface area contributed by atoms with Gasteiger partial charge in [-0.2, -0.15) is 0 Å². The van der Waals surface area contributed by atoms with E-state index in [1.807, 2.05) is 0 Å². The van der Waals surface area contributed by atoms with E-state index in [2.05, 4.69) is 15.4 Å². The summed E-state index contributed by atoms with van der Waals surface area (Å²) in [5.74, 6) is -2.83. The van der Waals surface area contributed by atoms with Gasteiger partial charge >= 0.3 is 18.0 Å². The van der Waals surface area contributed by atoms with Gasteiger partial charge in [0.2, 0.25) is 5.91 Å². The molecule has 9 nitrogen and oxygen atoms in total. The lowest BCUT2D eigenvalue weighted by Gasteiger charge is -2.19.